The number of aliphatic hydroxyl groups excluding tert-OH is 1. The van der Waals surface area contributed by atoms with E-state index in [4.69, 9.17) is 4.74 Å². The highest BCUT2D eigenvalue weighted by atomic mass is 16.6. The van der Waals surface area contributed by atoms with Gasteiger partial charge in [0.15, 0.2) is 23.1 Å². The number of carbonyl (C=O) groups excluding carboxylic acids is 4. The molecule has 1 unspecified atom stereocenters. The SMILES string of the molecule is CC(C)CCC(=O)[C@@]1(OC(=O)C(C)c2ccc(CC(C)C)cc2)C(O)=C(C(=O)CC(C)C)C(=O)[C@@H]1CCC(C)C. The third-order valence-electron chi connectivity index (χ3n) is 7.65. The molecule has 0 saturated carbocycles. The minimum atomic E-state index is -2.19. The zero-order chi connectivity index (χ0) is 30.4. The molecule has 0 aromatic heterocycles. The molecule has 0 radical (unpaired) electrons. The number of esters is 1. The third-order valence-corrected chi connectivity index (χ3v) is 7.65. The summed E-state index contributed by atoms with van der Waals surface area (Å²) >= 11 is 0. The van der Waals surface area contributed by atoms with Crippen LogP contribution in [0.3, 0.4) is 0 Å². The summed E-state index contributed by atoms with van der Waals surface area (Å²) in [4.78, 5) is 54.6. The molecule has 6 heteroatoms. The van der Waals surface area contributed by atoms with Crippen LogP contribution >= 0.6 is 0 Å². The fourth-order valence-electron chi connectivity index (χ4n) is 5.31. The van der Waals surface area contributed by atoms with Gasteiger partial charge in [-0.1, -0.05) is 86.1 Å². The third kappa shape index (κ3) is 7.92. The zero-order valence-corrected chi connectivity index (χ0v) is 26.0. The molecule has 0 bridgehead atoms. The quantitative estimate of drug-likeness (QED) is 0.180. The molecule has 6 nitrogen and oxygen atoms in total. The Morgan fingerprint density at radius 1 is 0.850 bits per heavy atom. The second kappa shape index (κ2) is 14.2. The van der Waals surface area contributed by atoms with Crippen LogP contribution < -0.4 is 0 Å². The summed E-state index contributed by atoms with van der Waals surface area (Å²) in [6, 6.07) is 7.71. The summed E-state index contributed by atoms with van der Waals surface area (Å²) in [6.45, 7) is 17.6. The summed E-state index contributed by atoms with van der Waals surface area (Å²) in [5.41, 5.74) is -0.696. The lowest BCUT2D eigenvalue weighted by Gasteiger charge is -2.34. The number of ether oxygens (including phenoxy) is 1. The Hall–Kier alpha value is -2.76. The lowest BCUT2D eigenvalue weighted by Crippen LogP contribution is -2.51. The normalized spacial score (nSPS) is 20.2. The maximum absolute atomic E-state index is 14.0. The summed E-state index contributed by atoms with van der Waals surface area (Å²) in [5, 5.41) is 11.6. The van der Waals surface area contributed by atoms with Gasteiger partial charge < -0.3 is 9.84 Å². The van der Waals surface area contributed by atoms with Crippen LogP contribution in [0.15, 0.2) is 35.6 Å². The van der Waals surface area contributed by atoms with Gasteiger partial charge >= 0.3 is 5.97 Å². The van der Waals surface area contributed by atoms with Gasteiger partial charge in [-0.3, -0.25) is 19.2 Å². The summed E-state index contributed by atoms with van der Waals surface area (Å²) in [5.74, 6) is -4.09. The minimum Gasteiger partial charge on any atom is -0.507 e. The molecule has 0 aliphatic heterocycles. The lowest BCUT2D eigenvalue weighted by atomic mass is 9.78. The molecule has 1 aliphatic carbocycles. The van der Waals surface area contributed by atoms with E-state index in [0.29, 0.717) is 24.3 Å². The van der Waals surface area contributed by atoms with Gasteiger partial charge in [0.25, 0.3) is 0 Å². The van der Waals surface area contributed by atoms with Crippen molar-refractivity contribution in [2.24, 2.45) is 29.6 Å². The topological polar surface area (TPSA) is 97.7 Å². The molecule has 1 N–H and O–H groups in total. The van der Waals surface area contributed by atoms with Gasteiger partial charge in [0.2, 0.25) is 5.60 Å². The minimum absolute atomic E-state index is 0.0183. The monoisotopic (exact) mass is 554 g/mol. The number of allylic oxidation sites excluding steroid dienone is 1. The van der Waals surface area contributed by atoms with E-state index < -0.39 is 46.5 Å². The van der Waals surface area contributed by atoms with Crippen LogP contribution in [0.25, 0.3) is 0 Å². The van der Waals surface area contributed by atoms with Crippen molar-refractivity contribution in [3.63, 3.8) is 0 Å². The van der Waals surface area contributed by atoms with Gasteiger partial charge in [0.05, 0.1) is 11.8 Å². The lowest BCUT2D eigenvalue weighted by molar-refractivity contribution is -0.174. The first-order valence-corrected chi connectivity index (χ1v) is 15.0. The summed E-state index contributed by atoms with van der Waals surface area (Å²) in [6.07, 6.45) is 2.27. The Morgan fingerprint density at radius 3 is 1.93 bits per heavy atom. The number of ketones is 3. The number of Topliss-reactive ketones (excluding diaryl/α,β-unsaturated/α-hetero) is 3. The van der Waals surface area contributed by atoms with Gasteiger partial charge in [-0.05, 0) is 61.0 Å². The Balaban J connectivity index is 2.59. The fourth-order valence-corrected chi connectivity index (χ4v) is 5.31. The molecule has 1 aromatic carbocycles. The molecule has 0 amide bonds. The van der Waals surface area contributed by atoms with Crippen LogP contribution in [0.4, 0.5) is 0 Å². The van der Waals surface area contributed by atoms with Gasteiger partial charge in [0, 0.05) is 12.8 Å². The van der Waals surface area contributed by atoms with Crippen molar-refractivity contribution >= 4 is 23.3 Å². The Morgan fingerprint density at radius 2 is 1.43 bits per heavy atom. The smallest absolute Gasteiger partial charge is 0.314 e. The highest BCUT2D eigenvalue weighted by molar-refractivity contribution is 6.26. The molecule has 1 aromatic rings. The van der Waals surface area contributed by atoms with Crippen LogP contribution in [-0.4, -0.2) is 34.0 Å². The molecular weight excluding hydrogens is 504 g/mol. The van der Waals surface area contributed by atoms with Crippen molar-refractivity contribution < 1.29 is 29.0 Å². The first kappa shape index (κ1) is 33.4. The maximum Gasteiger partial charge on any atom is 0.314 e. The van der Waals surface area contributed by atoms with Crippen molar-refractivity contribution in [3.05, 3.63) is 46.7 Å². The first-order chi connectivity index (χ1) is 18.6. The second-order valence-electron chi connectivity index (χ2n) is 13.2. The molecule has 0 fully saturated rings. The molecule has 0 spiro atoms. The Labute approximate surface area is 241 Å². The van der Waals surface area contributed by atoms with Crippen molar-refractivity contribution in [2.45, 2.75) is 112 Å². The molecular formula is C34H50O6. The van der Waals surface area contributed by atoms with Gasteiger partial charge in [-0.2, -0.15) is 0 Å². The number of hydrogen-bond donors (Lipinski definition) is 1. The van der Waals surface area contributed by atoms with E-state index in [2.05, 4.69) is 13.8 Å². The van der Waals surface area contributed by atoms with E-state index in [9.17, 15) is 24.3 Å². The van der Waals surface area contributed by atoms with Crippen LogP contribution in [-0.2, 0) is 30.3 Å². The van der Waals surface area contributed by atoms with Crippen molar-refractivity contribution in [1.29, 1.82) is 0 Å². The van der Waals surface area contributed by atoms with E-state index in [1.165, 1.54) is 0 Å². The van der Waals surface area contributed by atoms with Crippen LogP contribution in [0.2, 0.25) is 0 Å². The first-order valence-electron chi connectivity index (χ1n) is 15.0. The number of benzene rings is 1. The second-order valence-corrected chi connectivity index (χ2v) is 13.2. The summed E-state index contributed by atoms with van der Waals surface area (Å²) < 4.78 is 6.05. The molecule has 0 saturated heterocycles. The average molecular weight is 555 g/mol. The van der Waals surface area contributed by atoms with E-state index in [-0.39, 0.29) is 42.6 Å². The number of carbonyl (C=O) groups is 4. The van der Waals surface area contributed by atoms with Crippen molar-refractivity contribution in [1.82, 2.24) is 0 Å². The molecule has 3 atom stereocenters. The molecule has 0 heterocycles. The zero-order valence-electron chi connectivity index (χ0n) is 26.0. The fraction of sp³-hybridized carbons (Fsp3) is 0.647. The Kier molecular flexibility index (Phi) is 11.9. The van der Waals surface area contributed by atoms with Crippen molar-refractivity contribution in [3.8, 4) is 0 Å². The molecule has 40 heavy (non-hydrogen) atoms. The molecule has 222 valence electrons. The largest absolute Gasteiger partial charge is 0.507 e. The predicted octanol–water partition coefficient (Wildman–Crippen LogP) is 7.34. The van der Waals surface area contributed by atoms with Crippen molar-refractivity contribution in [2.75, 3.05) is 0 Å². The molecule has 1 aliphatic rings. The van der Waals surface area contributed by atoms with E-state index in [0.717, 1.165) is 12.0 Å². The number of rotatable bonds is 15. The number of aliphatic hydroxyl groups is 1. The maximum atomic E-state index is 14.0. The van der Waals surface area contributed by atoms with Crippen LogP contribution in [0.1, 0.15) is 111 Å². The Bertz CT molecular complexity index is 1090. The molecule has 2 rings (SSSR count). The predicted molar refractivity (Wildman–Crippen MR) is 158 cm³/mol. The number of hydrogen-bond acceptors (Lipinski definition) is 6. The van der Waals surface area contributed by atoms with E-state index in [1.807, 2.05) is 65.8 Å². The highest BCUT2D eigenvalue weighted by Crippen LogP contribution is 2.46. The van der Waals surface area contributed by atoms with E-state index in [1.54, 1.807) is 6.92 Å². The standard InChI is InChI=1S/C34H50O6/c1-20(2)10-16-27-31(37)30(28(35)19-23(7)8)32(38)34(27,29(36)17-11-21(3)4)40-33(39)24(9)26-14-12-25(13-15-26)18-22(5)6/h12-15,20-24,27,38H,10-11,16-19H2,1-9H3/t24?,27-,34+/m0/s1. The van der Waals surface area contributed by atoms with Crippen LogP contribution in [0, 0.1) is 29.6 Å². The average Bonchev–Trinajstić information content (AvgIpc) is 3.06. The van der Waals surface area contributed by atoms with Gasteiger partial charge in [-0.25, -0.2) is 0 Å². The van der Waals surface area contributed by atoms with E-state index >= 15 is 0 Å². The summed E-state index contributed by atoms with van der Waals surface area (Å²) in [7, 11) is 0. The highest BCUT2D eigenvalue weighted by Gasteiger charge is 2.62. The van der Waals surface area contributed by atoms with Gasteiger partial charge in [0.1, 0.15) is 5.57 Å². The van der Waals surface area contributed by atoms with Gasteiger partial charge in [-0.15, -0.1) is 0 Å². The van der Waals surface area contributed by atoms with Crippen LogP contribution in [0.5, 0.6) is 0 Å².